The van der Waals surface area contributed by atoms with E-state index in [9.17, 15) is 4.79 Å². The molecular formula is C30H24BrClN2O3S. The molecule has 0 bridgehead atoms. The first-order valence-electron chi connectivity index (χ1n) is 11.9. The van der Waals surface area contributed by atoms with Crippen molar-refractivity contribution < 1.29 is 14.3 Å². The summed E-state index contributed by atoms with van der Waals surface area (Å²) in [7, 11) is 1.57. The summed E-state index contributed by atoms with van der Waals surface area (Å²) in [5.41, 5.74) is 4.72. The van der Waals surface area contributed by atoms with Crippen LogP contribution in [0.4, 0.5) is 5.69 Å². The molecule has 5 nitrogen and oxygen atoms in total. The van der Waals surface area contributed by atoms with Crippen LogP contribution in [0.5, 0.6) is 11.5 Å². The highest BCUT2D eigenvalue weighted by molar-refractivity contribution is 9.10. The largest absolute Gasteiger partial charge is 0.493 e. The van der Waals surface area contributed by atoms with Gasteiger partial charge in [-0.1, -0.05) is 70.0 Å². The molecule has 1 N–H and O–H groups in total. The number of nitrogens with zero attached hydrogens (tertiary/aromatic N) is 1. The van der Waals surface area contributed by atoms with Crippen molar-refractivity contribution in [2.75, 3.05) is 7.11 Å². The van der Waals surface area contributed by atoms with Crippen LogP contribution in [0.1, 0.15) is 22.3 Å². The van der Waals surface area contributed by atoms with Crippen LogP contribution in [0, 0.1) is 13.8 Å². The van der Waals surface area contributed by atoms with Crippen molar-refractivity contribution >= 4 is 72.9 Å². The van der Waals surface area contributed by atoms with Gasteiger partial charge in [-0.25, -0.2) is 4.99 Å². The minimum Gasteiger partial charge on any atom is -0.493 e. The quantitative estimate of drug-likeness (QED) is 0.224. The van der Waals surface area contributed by atoms with Crippen molar-refractivity contribution in [3.05, 3.63) is 103 Å². The van der Waals surface area contributed by atoms with E-state index in [0.717, 1.165) is 43.2 Å². The summed E-state index contributed by atoms with van der Waals surface area (Å²) in [6.45, 7) is 4.36. The Morgan fingerprint density at radius 2 is 1.79 bits per heavy atom. The van der Waals surface area contributed by atoms with Crippen LogP contribution in [-0.2, 0) is 11.4 Å². The molecule has 5 rings (SSSR count). The normalized spacial score (nSPS) is 15.3. The molecule has 0 aliphatic carbocycles. The van der Waals surface area contributed by atoms with Crippen LogP contribution in [0.2, 0.25) is 5.02 Å². The van der Waals surface area contributed by atoms with Gasteiger partial charge in [-0.05, 0) is 89.0 Å². The second-order valence-corrected chi connectivity index (χ2v) is 11.1. The lowest BCUT2D eigenvalue weighted by Gasteiger charge is -2.14. The second kappa shape index (κ2) is 11.2. The zero-order valence-corrected chi connectivity index (χ0v) is 24.1. The van der Waals surface area contributed by atoms with Gasteiger partial charge in [0, 0.05) is 4.47 Å². The Kier molecular flexibility index (Phi) is 7.79. The lowest BCUT2D eigenvalue weighted by molar-refractivity contribution is -0.115. The van der Waals surface area contributed by atoms with E-state index >= 15 is 0 Å². The van der Waals surface area contributed by atoms with Crippen molar-refractivity contribution in [1.82, 2.24) is 5.32 Å². The van der Waals surface area contributed by atoms with Gasteiger partial charge in [-0.15, -0.1) is 0 Å². The predicted molar refractivity (Wildman–Crippen MR) is 161 cm³/mol. The maximum atomic E-state index is 12.7. The molecule has 38 heavy (non-hydrogen) atoms. The summed E-state index contributed by atoms with van der Waals surface area (Å²) in [5.74, 6) is 0.726. The van der Waals surface area contributed by atoms with Gasteiger partial charge >= 0.3 is 0 Å². The first kappa shape index (κ1) is 26.4. The Hall–Kier alpha value is -3.26. The van der Waals surface area contributed by atoms with Crippen molar-refractivity contribution in [3.63, 3.8) is 0 Å². The molecule has 0 unspecified atom stereocenters. The number of halogens is 2. The number of methoxy groups -OCH3 is 1. The van der Waals surface area contributed by atoms with Crippen molar-refractivity contribution in [2.45, 2.75) is 20.5 Å². The van der Waals surface area contributed by atoms with Gasteiger partial charge in [0.1, 0.15) is 6.61 Å². The van der Waals surface area contributed by atoms with E-state index in [4.69, 9.17) is 21.1 Å². The molecule has 8 heteroatoms. The highest BCUT2D eigenvalue weighted by Gasteiger charge is 2.24. The number of thioether (sulfide) groups is 1. The monoisotopic (exact) mass is 606 g/mol. The fourth-order valence-corrected chi connectivity index (χ4v) is 5.61. The molecule has 4 aromatic carbocycles. The minimum atomic E-state index is -0.217. The molecule has 0 aromatic heterocycles. The molecule has 0 saturated carbocycles. The number of ether oxygens (including phenoxy) is 2. The number of amides is 1. The first-order chi connectivity index (χ1) is 18.3. The van der Waals surface area contributed by atoms with Gasteiger partial charge < -0.3 is 14.8 Å². The van der Waals surface area contributed by atoms with Gasteiger partial charge in [0.2, 0.25) is 0 Å². The third-order valence-electron chi connectivity index (χ3n) is 6.10. The fourth-order valence-electron chi connectivity index (χ4n) is 4.27. The average Bonchev–Trinajstić information content (AvgIpc) is 3.24. The van der Waals surface area contributed by atoms with Gasteiger partial charge in [0.05, 0.1) is 22.7 Å². The number of hydrogen-bond donors (Lipinski definition) is 1. The van der Waals surface area contributed by atoms with Crippen LogP contribution in [0.3, 0.4) is 0 Å². The molecule has 0 spiro atoms. The van der Waals surface area contributed by atoms with E-state index in [1.807, 2.05) is 56.3 Å². The third-order valence-corrected chi connectivity index (χ3v) is 8.55. The van der Waals surface area contributed by atoms with Crippen molar-refractivity contribution in [3.8, 4) is 11.5 Å². The molecule has 0 atom stereocenters. The average molecular weight is 608 g/mol. The Morgan fingerprint density at radius 3 is 2.55 bits per heavy atom. The zero-order chi connectivity index (χ0) is 26.8. The predicted octanol–water partition coefficient (Wildman–Crippen LogP) is 8.35. The SMILES string of the molecule is COc1cc(/C=C2\SC(=Nc3cc(C)c(Br)c(C)c3)NC2=O)cc(Cl)c1OCc1cccc2ccccc12. The summed E-state index contributed by atoms with van der Waals surface area (Å²) < 4.78 is 12.8. The standard InChI is InChI=1S/C30H24BrClN2O3S/c1-17-11-22(12-18(2)27(17)31)33-30-34-29(35)26(38-30)15-19-13-24(32)28(25(14-19)36-3)37-16-21-9-6-8-20-7-4-5-10-23(20)21/h4-15H,16H2,1-3H3,(H,33,34,35)/b26-15-. The van der Waals surface area contributed by atoms with Crippen LogP contribution in [0.25, 0.3) is 16.8 Å². The summed E-state index contributed by atoms with van der Waals surface area (Å²) in [6.07, 6.45) is 1.77. The number of rotatable bonds is 6. The highest BCUT2D eigenvalue weighted by atomic mass is 79.9. The highest BCUT2D eigenvalue weighted by Crippen LogP contribution is 2.39. The number of hydrogen-bond acceptors (Lipinski definition) is 5. The van der Waals surface area contributed by atoms with Gasteiger partial charge in [0.15, 0.2) is 16.7 Å². The van der Waals surface area contributed by atoms with E-state index in [1.165, 1.54) is 11.8 Å². The van der Waals surface area contributed by atoms with Gasteiger partial charge in [-0.2, -0.15) is 0 Å². The molecule has 1 fully saturated rings. The number of aryl methyl sites for hydroxylation is 2. The molecule has 1 heterocycles. The maximum Gasteiger partial charge on any atom is 0.264 e. The number of aliphatic imine (C=N–C) groups is 1. The summed E-state index contributed by atoms with van der Waals surface area (Å²) in [6, 6.07) is 21.8. The Bertz CT molecular complexity index is 1610. The molecule has 4 aromatic rings. The molecule has 1 saturated heterocycles. The maximum absolute atomic E-state index is 12.7. The van der Waals surface area contributed by atoms with Crippen molar-refractivity contribution in [1.29, 1.82) is 0 Å². The smallest absolute Gasteiger partial charge is 0.264 e. The van der Waals surface area contributed by atoms with Gasteiger partial charge in [0.25, 0.3) is 5.91 Å². The lowest BCUT2D eigenvalue weighted by atomic mass is 10.1. The number of amidine groups is 1. The molecule has 1 aliphatic heterocycles. The number of nitrogens with one attached hydrogen (secondary N) is 1. The van der Waals surface area contributed by atoms with E-state index in [-0.39, 0.29) is 5.91 Å². The number of carbonyl (C=O) groups is 1. The van der Waals surface area contributed by atoms with E-state index < -0.39 is 0 Å². The molecule has 0 radical (unpaired) electrons. The van der Waals surface area contributed by atoms with E-state index in [1.54, 1.807) is 19.3 Å². The lowest BCUT2D eigenvalue weighted by Crippen LogP contribution is -2.19. The second-order valence-electron chi connectivity index (χ2n) is 8.84. The number of fused-ring (bicyclic) bond motifs is 1. The third kappa shape index (κ3) is 5.60. The molecular weight excluding hydrogens is 584 g/mol. The van der Waals surface area contributed by atoms with E-state index in [2.05, 4.69) is 44.4 Å². The van der Waals surface area contributed by atoms with Crippen LogP contribution in [0.15, 0.2) is 81.1 Å². The van der Waals surface area contributed by atoms with Crippen LogP contribution in [-0.4, -0.2) is 18.2 Å². The topological polar surface area (TPSA) is 59.9 Å². The van der Waals surface area contributed by atoms with Crippen LogP contribution < -0.4 is 14.8 Å². The first-order valence-corrected chi connectivity index (χ1v) is 13.8. The van der Waals surface area contributed by atoms with Gasteiger partial charge in [-0.3, -0.25) is 4.79 Å². The van der Waals surface area contributed by atoms with E-state index in [0.29, 0.717) is 33.2 Å². The zero-order valence-electron chi connectivity index (χ0n) is 21.0. The van der Waals surface area contributed by atoms with Crippen LogP contribution >= 0.6 is 39.3 Å². The summed E-state index contributed by atoms with van der Waals surface area (Å²) in [5, 5.41) is 6.03. The number of benzene rings is 4. The molecule has 1 aliphatic rings. The Labute approximate surface area is 239 Å². The molecule has 192 valence electrons. The van der Waals surface area contributed by atoms with Crippen molar-refractivity contribution in [2.24, 2.45) is 4.99 Å². The summed E-state index contributed by atoms with van der Waals surface area (Å²) in [4.78, 5) is 17.8. The fraction of sp³-hybridized carbons (Fsp3) is 0.133. The number of carbonyl (C=O) groups excluding carboxylic acids is 1. The molecule has 1 amide bonds. The summed E-state index contributed by atoms with van der Waals surface area (Å²) >= 11 is 11.5. The Balaban J connectivity index is 1.37. The Morgan fingerprint density at radius 1 is 1.05 bits per heavy atom. The minimum absolute atomic E-state index is 0.217.